The van der Waals surface area contributed by atoms with Crippen LogP contribution < -0.4 is 9.47 Å². The molecule has 0 aliphatic heterocycles. The van der Waals surface area contributed by atoms with Crippen molar-refractivity contribution >= 4 is 31.9 Å². The molecule has 0 spiro atoms. The molecule has 0 atom stereocenters. The minimum atomic E-state index is -3.53. The van der Waals surface area contributed by atoms with Gasteiger partial charge in [-0.25, -0.2) is 0 Å². The lowest BCUT2D eigenvalue weighted by Gasteiger charge is -2.16. The van der Waals surface area contributed by atoms with Crippen molar-refractivity contribution in [3.05, 3.63) is 28.4 Å². The summed E-state index contributed by atoms with van der Waals surface area (Å²) in [4.78, 5) is 0. The maximum Gasteiger partial charge on any atom is 0.459 e. The van der Waals surface area contributed by atoms with E-state index in [1.54, 1.807) is 13.2 Å². The Labute approximate surface area is 153 Å². The number of hydrogen-bond acceptors (Lipinski definition) is 4. The summed E-state index contributed by atoms with van der Waals surface area (Å²) in [5.74, 6) is 0.104. The predicted octanol–water partition coefficient (Wildman–Crippen LogP) is 4.59. The Balaban J connectivity index is 2.17. The first-order valence-corrected chi connectivity index (χ1v) is 8.55. The molecule has 2 aromatic rings. The van der Waals surface area contributed by atoms with E-state index in [4.69, 9.17) is 4.74 Å². The first-order valence-electron chi connectivity index (χ1n) is 6.97. The van der Waals surface area contributed by atoms with Crippen LogP contribution in [0.5, 0.6) is 11.5 Å². The number of alkyl halides is 3. The van der Waals surface area contributed by atoms with Gasteiger partial charge in [-0.05, 0) is 34.8 Å². The van der Waals surface area contributed by atoms with Gasteiger partial charge in [0.2, 0.25) is 0 Å². The summed E-state index contributed by atoms with van der Waals surface area (Å²) in [6.45, 7) is 0. The average molecular weight is 463 g/mol. The van der Waals surface area contributed by atoms with Crippen molar-refractivity contribution < 1.29 is 18.3 Å². The van der Waals surface area contributed by atoms with Crippen molar-refractivity contribution in [3.63, 3.8) is 0 Å². The van der Waals surface area contributed by atoms with E-state index in [-0.39, 0.29) is 23.2 Å². The standard InChI is InChI=1S/C15H11Br2F2N3O2/c1-22-14(12(16)7-21-22)10-4-9(24-15(17,18)19)5-13(11(10)6-20)23-8-2-3-8/h4-5,7-8H,2-3H2,1H3. The molecular weight excluding hydrogens is 452 g/mol. The number of rotatable bonds is 5. The zero-order valence-electron chi connectivity index (χ0n) is 12.4. The maximum absolute atomic E-state index is 13.2. The van der Waals surface area contributed by atoms with E-state index in [0.717, 1.165) is 12.8 Å². The second-order valence-electron chi connectivity index (χ2n) is 5.29. The highest BCUT2D eigenvalue weighted by molar-refractivity contribution is 9.10. The summed E-state index contributed by atoms with van der Waals surface area (Å²) in [7, 11) is 1.69. The van der Waals surface area contributed by atoms with Crippen LogP contribution in [-0.4, -0.2) is 20.9 Å². The normalized spacial score (nSPS) is 14.3. The molecule has 1 aromatic heterocycles. The summed E-state index contributed by atoms with van der Waals surface area (Å²) in [5.41, 5.74) is 1.21. The Morgan fingerprint density at radius 3 is 2.62 bits per heavy atom. The number of hydrogen-bond donors (Lipinski definition) is 0. The summed E-state index contributed by atoms with van der Waals surface area (Å²) in [6, 6.07) is 4.76. The maximum atomic E-state index is 13.2. The smallest absolute Gasteiger partial charge is 0.459 e. The van der Waals surface area contributed by atoms with Crippen molar-refractivity contribution in [1.82, 2.24) is 9.78 Å². The van der Waals surface area contributed by atoms with Crippen molar-refractivity contribution in [3.8, 4) is 28.8 Å². The highest BCUT2D eigenvalue weighted by Crippen LogP contribution is 2.41. The quantitative estimate of drug-likeness (QED) is 0.610. The lowest BCUT2D eigenvalue weighted by Crippen LogP contribution is -2.15. The fourth-order valence-corrected chi connectivity index (χ4v) is 3.01. The van der Waals surface area contributed by atoms with Gasteiger partial charge in [-0.15, -0.1) is 0 Å². The Morgan fingerprint density at radius 2 is 2.12 bits per heavy atom. The average Bonchev–Trinajstić information content (AvgIpc) is 3.21. The fourth-order valence-electron chi connectivity index (χ4n) is 2.26. The van der Waals surface area contributed by atoms with Crippen LogP contribution in [0.2, 0.25) is 0 Å². The van der Waals surface area contributed by atoms with E-state index in [1.807, 2.05) is 0 Å². The van der Waals surface area contributed by atoms with Crippen LogP contribution in [0.25, 0.3) is 11.3 Å². The number of benzene rings is 1. The molecule has 0 amide bonds. The molecule has 126 valence electrons. The zero-order valence-corrected chi connectivity index (χ0v) is 15.6. The molecule has 5 nitrogen and oxygen atoms in total. The zero-order chi connectivity index (χ0) is 17.5. The van der Waals surface area contributed by atoms with E-state index in [1.165, 1.54) is 16.8 Å². The van der Waals surface area contributed by atoms with Crippen molar-refractivity contribution in [2.45, 2.75) is 24.0 Å². The first-order chi connectivity index (χ1) is 11.3. The highest BCUT2D eigenvalue weighted by Gasteiger charge is 2.30. The Hall–Kier alpha value is -1.66. The molecule has 0 saturated heterocycles. The largest absolute Gasteiger partial charge is 0.489 e. The van der Waals surface area contributed by atoms with Crippen molar-refractivity contribution in [1.29, 1.82) is 5.26 Å². The topological polar surface area (TPSA) is 60.1 Å². The predicted molar refractivity (Wildman–Crippen MR) is 89.2 cm³/mol. The first kappa shape index (κ1) is 17.2. The second-order valence-corrected chi connectivity index (χ2v) is 7.06. The van der Waals surface area contributed by atoms with Gasteiger partial charge in [-0.2, -0.15) is 19.1 Å². The van der Waals surface area contributed by atoms with E-state index in [9.17, 15) is 14.0 Å². The number of aromatic nitrogens is 2. The third-order valence-corrected chi connectivity index (χ3v) is 4.13. The minimum absolute atomic E-state index is 0.000316. The van der Waals surface area contributed by atoms with E-state index in [0.29, 0.717) is 15.7 Å². The number of nitriles is 1. The molecular formula is C15H11Br2F2N3O2. The molecule has 1 heterocycles. The van der Waals surface area contributed by atoms with Crippen LogP contribution in [0, 0.1) is 11.3 Å². The van der Waals surface area contributed by atoms with Crippen LogP contribution in [0.15, 0.2) is 22.8 Å². The lowest BCUT2D eigenvalue weighted by molar-refractivity contribution is -0.0803. The third kappa shape index (κ3) is 3.70. The number of halogens is 4. The van der Waals surface area contributed by atoms with E-state index in [2.05, 4.69) is 47.8 Å². The summed E-state index contributed by atoms with van der Waals surface area (Å²) in [5, 5.41) is 10.1. The molecule has 1 aliphatic rings. The summed E-state index contributed by atoms with van der Waals surface area (Å²) >= 11 is 5.51. The third-order valence-electron chi connectivity index (χ3n) is 3.39. The highest BCUT2D eigenvalue weighted by atomic mass is 79.9. The molecule has 0 unspecified atom stereocenters. The van der Waals surface area contributed by atoms with Crippen molar-refractivity contribution in [2.75, 3.05) is 0 Å². The van der Waals surface area contributed by atoms with Gasteiger partial charge in [-0.3, -0.25) is 4.68 Å². The van der Waals surface area contributed by atoms with Crippen LogP contribution in [0.1, 0.15) is 18.4 Å². The van der Waals surface area contributed by atoms with Gasteiger partial charge in [0.1, 0.15) is 23.1 Å². The van der Waals surface area contributed by atoms with Crippen LogP contribution in [-0.2, 0) is 7.05 Å². The van der Waals surface area contributed by atoms with Crippen LogP contribution in [0.4, 0.5) is 8.78 Å². The van der Waals surface area contributed by atoms with Crippen molar-refractivity contribution in [2.24, 2.45) is 7.05 Å². The van der Waals surface area contributed by atoms with Gasteiger partial charge >= 0.3 is 5.02 Å². The van der Waals surface area contributed by atoms with Crippen LogP contribution >= 0.6 is 31.9 Å². The molecule has 0 N–H and O–H groups in total. The molecule has 0 radical (unpaired) electrons. The molecule has 1 aromatic carbocycles. The summed E-state index contributed by atoms with van der Waals surface area (Å²) in [6.07, 6.45) is 3.30. The molecule has 1 aliphatic carbocycles. The molecule has 0 bridgehead atoms. The minimum Gasteiger partial charge on any atom is -0.489 e. The monoisotopic (exact) mass is 461 g/mol. The second kappa shape index (κ2) is 6.33. The number of ether oxygens (including phenoxy) is 2. The molecule has 1 saturated carbocycles. The number of aryl methyl sites for hydroxylation is 1. The molecule has 24 heavy (non-hydrogen) atoms. The van der Waals surface area contributed by atoms with Gasteiger partial charge in [0.05, 0.1) is 22.5 Å². The molecule has 1 fully saturated rings. The lowest BCUT2D eigenvalue weighted by atomic mass is 10.0. The van der Waals surface area contributed by atoms with Gasteiger partial charge in [0.25, 0.3) is 0 Å². The Bertz CT molecular complexity index is 804. The summed E-state index contributed by atoms with van der Waals surface area (Å²) < 4.78 is 38.9. The Morgan fingerprint density at radius 1 is 1.42 bits per heavy atom. The number of nitrogens with zero attached hydrogens (tertiary/aromatic N) is 3. The molecule has 3 rings (SSSR count). The molecule has 9 heteroatoms. The van der Waals surface area contributed by atoms with Gasteiger partial charge in [0.15, 0.2) is 0 Å². The van der Waals surface area contributed by atoms with Gasteiger partial charge in [-0.1, -0.05) is 0 Å². The van der Waals surface area contributed by atoms with Gasteiger partial charge < -0.3 is 9.47 Å². The van der Waals surface area contributed by atoms with E-state index >= 15 is 0 Å². The van der Waals surface area contributed by atoms with E-state index < -0.39 is 5.02 Å². The van der Waals surface area contributed by atoms with Gasteiger partial charge in [0, 0.05) is 34.6 Å². The Kier molecular flexibility index (Phi) is 4.53. The van der Waals surface area contributed by atoms with Crippen LogP contribution in [0.3, 0.4) is 0 Å². The fraction of sp³-hybridized carbons (Fsp3) is 0.333. The SMILES string of the molecule is Cn1ncc(Br)c1-c1cc(OC(F)(F)Br)cc(OC2CC2)c1C#N.